The molecule has 1 aromatic heterocycles. The molecule has 31 heavy (non-hydrogen) atoms. The van der Waals surface area contributed by atoms with Crippen molar-refractivity contribution in [2.45, 2.75) is 38.9 Å². The van der Waals surface area contributed by atoms with Crippen LogP contribution in [-0.4, -0.2) is 50.7 Å². The Balaban J connectivity index is 1.85. The van der Waals surface area contributed by atoms with E-state index in [1.54, 1.807) is 0 Å². The third-order valence-electron chi connectivity index (χ3n) is 5.37. The van der Waals surface area contributed by atoms with Gasteiger partial charge in [-0.05, 0) is 18.9 Å². The minimum atomic E-state index is -1.02. The fourth-order valence-corrected chi connectivity index (χ4v) is 3.68. The number of hydrogen-bond donors (Lipinski definition) is 3. The third-order valence-corrected chi connectivity index (χ3v) is 5.37. The van der Waals surface area contributed by atoms with Gasteiger partial charge in [-0.2, -0.15) is 0 Å². The zero-order chi connectivity index (χ0) is 22.7. The molecule has 3 N–H and O–H groups in total. The first-order valence-electron chi connectivity index (χ1n) is 9.88. The molecule has 1 aromatic carbocycles. The minimum absolute atomic E-state index is 0.0253. The van der Waals surface area contributed by atoms with Crippen molar-refractivity contribution in [1.82, 2.24) is 14.8 Å². The van der Waals surface area contributed by atoms with Crippen LogP contribution in [0.1, 0.15) is 46.2 Å². The first kappa shape index (κ1) is 22.4. The summed E-state index contributed by atoms with van der Waals surface area (Å²) in [5.41, 5.74) is -1.60. The maximum Gasteiger partial charge on any atom is 0.274 e. The van der Waals surface area contributed by atoms with Crippen molar-refractivity contribution in [1.29, 1.82) is 0 Å². The number of aromatic hydroxyl groups is 1. The number of aliphatic hydroxyl groups excluding tert-OH is 1. The number of carbonyl (C=O) groups excluding carboxylic acids is 2. The minimum Gasteiger partial charge on any atom is -0.503 e. The van der Waals surface area contributed by atoms with Gasteiger partial charge in [0.15, 0.2) is 11.4 Å². The fourth-order valence-electron chi connectivity index (χ4n) is 3.68. The van der Waals surface area contributed by atoms with Crippen LogP contribution >= 0.6 is 0 Å². The monoisotopic (exact) mass is 435 g/mol. The molecule has 1 aliphatic rings. The first-order chi connectivity index (χ1) is 14.8. The second-order valence-corrected chi connectivity index (χ2v) is 7.25. The average molecular weight is 435 g/mol. The van der Waals surface area contributed by atoms with Gasteiger partial charge < -0.3 is 25.0 Å². The van der Waals surface area contributed by atoms with Crippen LogP contribution < -0.4 is 10.7 Å². The number of amides is 2. The van der Waals surface area contributed by atoms with Gasteiger partial charge in [-0.15, -0.1) is 0 Å². The highest BCUT2D eigenvalue weighted by Gasteiger charge is 2.33. The SMILES string of the molecule is CCC(CCO)N1CCn2cc(C(=O)NCc3ccc(F)cc3F)c(=O)c(O)c2C1=O. The van der Waals surface area contributed by atoms with E-state index >= 15 is 0 Å². The Kier molecular flexibility index (Phi) is 6.69. The summed E-state index contributed by atoms with van der Waals surface area (Å²) in [5, 5.41) is 22.0. The van der Waals surface area contributed by atoms with Crippen molar-refractivity contribution in [2.75, 3.05) is 13.2 Å². The van der Waals surface area contributed by atoms with Crippen LogP contribution in [0.2, 0.25) is 0 Å². The van der Waals surface area contributed by atoms with Crippen LogP contribution in [0.25, 0.3) is 0 Å². The molecule has 8 nitrogen and oxygen atoms in total. The Morgan fingerprint density at radius 3 is 2.65 bits per heavy atom. The zero-order valence-corrected chi connectivity index (χ0v) is 16.9. The third kappa shape index (κ3) is 4.43. The number of carbonyl (C=O) groups is 2. The quantitative estimate of drug-likeness (QED) is 0.609. The van der Waals surface area contributed by atoms with Crippen LogP contribution in [0.5, 0.6) is 5.75 Å². The van der Waals surface area contributed by atoms with Crippen molar-refractivity contribution < 1.29 is 28.6 Å². The van der Waals surface area contributed by atoms with Crippen molar-refractivity contribution >= 4 is 11.8 Å². The number of aromatic nitrogens is 1. The van der Waals surface area contributed by atoms with Gasteiger partial charge in [0.2, 0.25) is 5.43 Å². The lowest BCUT2D eigenvalue weighted by Crippen LogP contribution is -2.48. The Morgan fingerprint density at radius 2 is 2.00 bits per heavy atom. The van der Waals surface area contributed by atoms with Gasteiger partial charge in [-0.25, -0.2) is 8.78 Å². The molecule has 1 unspecified atom stereocenters. The summed E-state index contributed by atoms with van der Waals surface area (Å²) in [6, 6.07) is 2.65. The summed E-state index contributed by atoms with van der Waals surface area (Å²) in [5.74, 6) is -3.85. The van der Waals surface area contributed by atoms with Crippen molar-refractivity contribution in [3.8, 4) is 5.75 Å². The van der Waals surface area contributed by atoms with E-state index in [0.717, 1.165) is 6.07 Å². The van der Waals surface area contributed by atoms with Gasteiger partial charge >= 0.3 is 0 Å². The summed E-state index contributed by atoms with van der Waals surface area (Å²) < 4.78 is 28.1. The molecule has 0 bridgehead atoms. The van der Waals surface area contributed by atoms with Crippen LogP contribution in [0.3, 0.4) is 0 Å². The molecular formula is C21H23F2N3O5. The first-order valence-corrected chi connectivity index (χ1v) is 9.88. The number of fused-ring (bicyclic) bond motifs is 1. The highest BCUT2D eigenvalue weighted by atomic mass is 19.1. The molecule has 1 aliphatic heterocycles. The van der Waals surface area contributed by atoms with Gasteiger partial charge in [-0.1, -0.05) is 13.0 Å². The number of hydrogen-bond acceptors (Lipinski definition) is 5. The van der Waals surface area contributed by atoms with E-state index in [1.165, 1.54) is 21.7 Å². The van der Waals surface area contributed by atoms with E-state index < -0.39 is 40.2 Å². The van der Waals surface area contributed by atoms with E-state index in [-0.39, 0.29) is 43.5 Å². The normalized spacial score (nSPS) is 14.3. The average Bonchev–Trinajstić information content (AvgIpc) is 2.74. The molecule has 2 heterocycles. The van der Waals surface area contributed by atoms with Crippen LogP contribution in [-0.2, 0) is 13.1 Å². The predicted molar refractivity (Wildman–Crippen MR) is 107 cm³/mol. The second kappa shape index (κ2) is 9.25. The topological polar surface area (TPSA) is 112 Å². The van der Waals surface area contributed by atoms with Crippen LogP contribution in [0.15, 0.2) is 29.2 Å². The molecule has 166 valence electrons. The zero-order valence-electron chi connectivity index (χ0n) is 16.9. The molecule has 2 aromatic rings. The number of nitrogens with zero attached hydrogens (tertiary/aromatic N) is 2. The molecule has 0 spiro atoms. The number of nitrogens with one attached hydrogen (secondary N) is 1. The maximum atomic E-state index is 13.7. The Hall–Kier alpha value is -3.27. The fraction of sp³-hybridized carbons (Fsp3) is 0.381. The molecule has 0 saturated heterocycles. The molecule has 3 rings (SSSR count). The van der Waals surface area contributed by atoms with E-state index in [4.69, 9.17) is 0 Å². The molecule has 1 atom stereocenters. The van der Waals surface area contributed by atoms with E-state index in [9.17, 15) is 33.4 Å². The molecule has 0 aliphatic carbocycles. The van der Waals surface area contributed by atoms with Crippen molar-refractivity contribution in [2.24, 2.45) is 0 Å². The van der Waals surface area contributed by atoms with Crippen molar-refractivity contribution in [3.63, 3.8) is 0 Å². The van der Waals surface area contributed by atoms with Crippen LogP contribution in [0.4, 0.5) is 8.78 Å². The molecule has 2 amide bonds. The summed E-state index contributed by atoms with van der Waals surface area (Å²) in [6.07, 6.45) is 2.15. The number of rotatable bonds is 7. The lowest BCUT2D eigenvalue weighted by Gasteiger charge is -2.36. The second-order valence-electron chi connectivity index (χ2n) is 7.25. The molecule has 10 heteroatoms. The summed E-state index contributed by atoms with van der Waals surface area (Å²) >= 11 is 0. The summed E-state index contributed by atoms with van der Waals surface area (Å²) in [6.45, 7) is 2.00. The largest absolute Gasteiger partial charge is 0.503 e. The smallest absolute Gasteiger partial charge is 0.274 e. The van der Waals surface area contributed by atoms with Crippen LogP contribution in [0, 0.1) is 11.6 Å². The predicted octanol–water partition coefficient (Wildman–Crippen LogP) is 1.38. The standard InChI is InChI=1S/C21H23F2N3O5/c1-2-14(5-8-27)26-7-6-25-11-15(18(28)19(29)17(25)21(26)31)20(30)24-10-12-3-4-13(22)9-16(12)23/h3-4,9,11,14,27,29H,2,5-8,10H2,1H3,(H,24,30). The molecule has 0 radical (unpaired) electrons. The number of benzene rings is 1. The molecule has 0 saturated carbocycles. The number of pyridine rings is 1. The Labute approximate surface area is 176 Å². The highest BCUT2D eigenvalue weighted by molar-refractivity contribution is 5.99. The highest BCUT2D eigenvalue weighted by Crippen LogP contribution is 2.23. The Morgan fingerprint density at radius 1 is 1.26 bits per heavy atom. The van der Waals surface area contributed by atoms with Crippen molar-refractivity contribution in [3.05, 3.63) is 63.1 Å². The van der Waals surface area contributed by atoms with E-state index in [1.807, 2.05) is 6.92 Å². The number of halogens is 2. The van der Waals surface area contributed by atoms with Gasteiger partial charge in [0, 0.05) is 50.1 Å². The number of aliphatic hydroxyl groups is 1. The maximum absolute atomic E-state index is 13.7. The lowest BCUT2D eigenvalue weighted by molar-refractivity contribution is 0.0571. The van der Waals surface area contributed by atoms with Gasteiger partial charge in [0.1, 0.15) is 17.2 Å². The van der Waals surface area contributed by atoms with Gasteiger partial charge in [-0.3, -0.25) is 14.4 Å². The molecule has 0 fully saturated rings. The van der Waals surface area contributed by atoms with Gasteiger partial charge in [0.25, 0.3) is 11.8 Å². The lowest BCUT2D eigenvalue weighted by atomic mass is 10.1. The Bertz CT molecular complexity index is 1070. The molecular weight excluding hydrogens is 412 g/mol. The van der Waals surface area contributed by atoms with Gasteiger partial charge in [0.05, 0.1) is 0 Å². The summed E-state index contributed by atoms with van der Waals surface area (Å²) in [4.78, 5) is 39.4. The summed E-state index contributed by atoms with van der Waals surface area (Å²) in [7, 11) is 0. The van der Waals surface area contributed by atoms with E-state index in [2.05, 4.69) is 5.32 Å². The van der Waals surface area contributed by atoms with E-state index in [0.29, 0.717) is 18.9 Å².